The summed E-state index contributed by atoms with van der Waals surface area (Å²) in [5.41, 5.74) is 8.95. The molecule has 8 heteroatoms. The first-order chi connectivity index (χ1) is 15.0. The van der Waals surface area contributed by atoms with E-state index < -0.39 is 5.82 Å². The third-order valence-electron chi connectivity index (χ3n) is 5.06. The summed E-state index contributed by atoms with van der Waals surface area (Å²) in [5, 5.41) is 12.4. The SMILES string of the molecule is Cc1cccc2cc(CCNc3ncnc(N)c3C#N)c(-c3cccc(F)c3)c(=O)n12. The van der Waals surface area contributed by atoms with Gasteiger partial charge in [-0.05, 0) is 54.8 Å². The van der Waals surface area contributed by atoms with Gasteiger partial charge in [-0.2, -0.15) is 5.26 Å². The Morgan fingerprint density at radius 2 is 2.00 bits per heavy atom. The molecule has 0 atom stereocenters. The Balaban J connectivity index is 1.77. The molecular weight excluding hydrogens is 395 g/mol. The molecule has 0 unspecified atom stereocenters. The van der Waals surface area contributed by atoms with Gasteiger partial charge in [0.15, 0.2) is 0 Å². The van der Waals surface area contributed by atoms with Gasteiger partial charge in [-0.3, -0.25) is 9.20 Å². The van der Waals surface area contributed by atoms with Crippen molar-refractivity contribution in [2.75, 3.05) is 17.6 Å². The van der Waals surface area contributed by atoms with Crippen LogP contribution in [0.2, 0.25) is 0 Å². The number of aryl methyl sites for hydroxylation is 1. The van der Waals surface area contributed by atoms with Crippen molar-refractivity contribution in [2.24, 2.45) is 0 Å². The lowest BCUT2D eigenvalue weighted by Crippen LogP contribution is -2.21. The van der Waals surface area contributed by atoms with Crippen LogP contribution < -0.4 is 16.6 Å². The van der Waals surface area contributed by atoms with E-state index in [1.54, 1.807) is 16.5 Å². The van der Waals surface area contributed by atoms with Gasteiger partial charge in [-0.1, -0.05) is 18.2 Å². The van der Waals surface area contributed by atoms with Gasteiger partial charge in [0.05, 0.1) is 5.56 Å². The van der Waals surface area contributed by atoms with Gasteiger partial charge in [-0.25, -0.2) is 14.4 Å². The summed E-state index contributed by atoms with van der Waals surface area (Å²) in [4.78, 5) is 21.3. The van der Waals surface area contributed by atoms with Gasteiger partial charge < -0.3 is 11.1 Å². The molecule has 0 saturated heterocycles. The first-order valence-corrected chi connectivity index (χ1v) is 9.64. The molecule has 154 valence electrons. The lowest BCUT2D eigenvalue weighted by Gasteiger charge is -2.15. The minimum Gasteiger partial charge on any atom is -0.382 e. The number of rotatable bonds is 5. The second kappa shape index (κ2) is 8.24. The van der Waals surface area contributed by atoms with E-state index in [2.05, 4.69) is 15.3 Å². The van der Waals surface area contributed by atoms with E-state index in [0.29, 0.717) is 29.9 Å². The zero-order valence-electron chi connectivity index (χ0n) is 16.8. The Morgan fingerprint density at radius 3 is 2.77 bits per heavy atom. The van der Waals surface area contributed by atoms with Crippen LogP contribution in [0.5, 0.6) is 0 Å². The Morgan fingerprint density at radius 1 is 1.19 bits per heavy atom. The molecule has 0 fully saturated rings. The lowest BCUT2D eigenvalue weighted by atomic mass is 9.98. The molecule has 31 heavy (non-hydrogen) atoms. The van der Waals surface area contributed by atoms with E-state index >= 15 is 0 Å². The number of nitrogens with one attached hydrogen (secondary N) is 1. The van der Waals surface area contributed by atoms with Crippen molar-refractivity contribution < 1.29 is 4.39 Å². The average Bonchev–Trinajstić information content (AvgIpc) is 2.74. The van der Waals surface area contributed by atoms with Gasteiger partial charge in [-0.15, -0.1) is 0 Å². The molecule has 0 spiro atoms. The maximum absolute atomic E-state index is 13.9. The van der Waals surface area contributed by atoms with Crippen LogP contribution in [0.15, 0.2) is 59.7 Å². The van der Waals surface area contributed by atoms with Gasteiger partial charge in [0.25, 0.3) is 5.56 Å². The number of nitriles is 1. The molecular formula is C23H19FN6O. The summed E-state index contributed by atoms with van der Waals surface area (Å²) in [5.74, 6) is 0.0153. The van der Waals surface area contributed by atoms with Crippen molar-refractivity contribution in [1.82, 2.24) is 14.4 Å². The van der Waals surface area contributed by atoms with Gasteiger partial charge in [0.2, 0.25) is 0 Å². The second-order valence-corrected chi connectivity index (χ2v) is 7.06. The number of fused-ring (bicyclic) bond motifs is 1. The summed E-state index contributed by atoms with van der Waals surface area (Å²) in [7, 11) is 0. The fourth-order valence-electron chi connectivity index (χ4n) is 3.64. The van der Waals surface area contributed by atoms with Crippen LogP contribution in [0.25, 0.3) is 16.6 Å². The molecule has 0 amide bonds. The Bertz CT molecular complexity index is 1390. The predicted octanol–water partition coefficient (Wildman–Crippen LogP) is 3.31. The molecule has 0 radical (unpaired) electrons. The molecule has 1 aromatic carbocycles. The van der Waals surface area contributed by atoms with E-state index in [-0.39, 0.29) is 16.9 Å². The van der Waals surface area contributed by atoms with Crippen LogP contribution in [-0.2, 0) is 6.42 Å². The highest BCUT2D eigenvalue weighted by atomic mass is 19.1. The van der Waals surface area contributed by atoms with Crippen molar-refractivity contribution in [2.45, 2.75) is 13.3 Å². The van der Waals surface area contributed by atoms with E-state index in [4.69, 9.17) is 5.73 Å². The maximum atomic E-state index is 13.9. The third-order valence-corrected chi connectivity index (χ3v) is 5.06. The molecule has 4 rings (SSSR count). The van der Waals surface area contributed by atoms with Gasteiger partial charge in [0, 0.05) is 17.8 Å². The lowest BCUT2D eigenvalue weighted by molar-refractivity contribution is 0.628. The molecule has 0 aliphatic carbocycles. The number of pyridine rings is 2. The molecule has 3 aromatic heterocycles. The largest absolute Gasteiger partial charge is 0.382 e. The number of hydrogen-bond acceptors (Lipinski definition) is 6. The van der Waals surface area contributed by atoms with Crippen LogP contribution in [0.1, 0.15) is 16.8 Å². The van der Waals surface area contributed by atoms with E-state index in [9.17, 15) is 14.4 Å². The highest BCUT2D eigenvalue weighted by Gasteiger charge is 2.15. The first-order valence-electron chi connectivity index (χ1n) is 9.64. The number of nitrogen functional groups attached to an aromatic ring is 1. The topological polar surface area (TPSA) is 109 Å². The highest BCUT2D eigenvalue weighted by molar-refractivity contribution is 5.70. The maximum Gasteiger partial charge on any atom is 0.263 e. The number of nitrogens with zero attached hydrogens (tertiary/aromatic N) is 4. The number of anilines is 2. The summed E-state index contributed by atoms with van der Waals surface area (Å²) < 4.78 is 15.5. The predicted molar refractivity (Wildman–Crippen MR) is 117 cm³/mol. The molecule has 0 aliphatic heterocycles. The van der Waals surface area contributed by atoms with Crippen molar-refractivity contribution in [1.29, 1.82) is 5.26 Å². The van der Waals surface area contributed by atoms with Crippen LogP contribution in [0.4, 0.5) is 16.0 Å². The third kappa shape index (κ3) is 3.81. The summed E-state index contributed by atoms with van der Waals surface area (Å²) in [6.07, 6.45) is 1.72. The van der Waals surface area contributed by atoms with E-state index in [0.717, 1.165) is 16.8 Å². The van der Waals surface area contributed by atoms with E-state index in [1.807, 2.05) is 37.3 Å². The number of hydrogen-bond donors (Lipinski definition) is 2. The zero-order valence-corrected chi connectivity index (χ0v) is 16.8. The molecule has 4 aromatic rings. The molecule has 7 nitrogen and oxygen atoms in total. The molecule has 3 N–H and O–H groups in total. The minimum atomic E-state index is -0.411. The monoisotopic (exact) mass is 414 g/mol. The van der Waals surface area contributed by atoms with Crippen molar-refractivity contribution in [3.63, 3.8) is 0 Å². The summed E-state index contributed by atoms with van der Waals surface area (Å²) in [6, 6.07) is 15.5. The highest BCUT2D eigenvalue weighted by Crippen LogP contribution is 2.24. The smallest absolute Gasteiger partial charge is 0.263 e. The Labute approximate surface area is 177 Å². The number of aromatic nitrogens is 3. The molecule has 0 saturated carbocycles. The second-order valence-electron chi connectivity index (χ2n) is 7.06. The van der Waals surface area contributed by atoms with Crippen LogP contribution in [0, 0.1) is 24.1 Å². The van der Waals surface area contributed by atoms with Crippen LogP contribution in [-0.4, -0.2) is 20.9 Å². The fourth-order valence-corrected chi connectivity index (χ4v) is 3.64. The Kier molecular flexibility index (Phi) is 5.33. The van der Waals surface area contributed by atoms with Gasteiger partial charge >= 0.3 is 0 Å². The van der Waals surface area contributed by atoms with Crippen molar-refractivity contribution in [3.05, 3.63) is 87.9 Å². The quantitative estimate of drug-likeness (QED) is 0.519. The normalized spacial score (nSPS) is 10.7. The van der Waals surface area contributed by atoms with Crippen molar-refractivity contribution >= 4 is 17.2 Å². The van der Waals surface area contributed by atoms with E-state index in [1.165, 1.54) is 18.5 Å². The molecule has 3 heterocycles. The first kappa shape index (κ1) is 20.0. The summed E-state index contributed by atoms with van der Waals surface area (Å²) >= 11 is 0. The minimum absolute atomic E-state index is 0.0971. The number of halogens is 1. The van der Waals surface area contributed by atoms with Crippen LogP contribution in [0.3, 0.4) is 0 Å². The Hall–Kier alpha value is -4.25. The molecule has 0 aliphatic rings. The molecule has 0 bridgehead atoms. The van der Waals surface area contributed by atoms with Gasteiger partial charge in [0.1, 0.15) is 35.4 Å². The van der Waals surface area contributed by atoms with Crippen molar-refractivity contribution in [3.8, 4) is 17.2 Å². The average molecular weight is 414 g/mol. The zero-order chi connectivity index (χ0) is 22.0. The fraction of sp³-hybridized carbons (Fsp3) is 0.130. The van der Waals surface area contributed by atoms with Crippen LogP contribution >= 0.6 is 0 Å². The summed E-state index contributed by atoms with van der Waals surface area (Å²) in [6.45, 7) is 2.24. The number of nitrogens with two attached hydrogens (primary N) is 1. The number of benzene rings is 1. The standard InChI is InChI=1S/C23H19FN6O/c1-14-4-2-7-18-11-16(8-9-27-22-19(12-25)21(26)28-13-29-22)20(23(31)30(14)18)15-5-3-6-17(24)10-15/h2-7,10-11,13H,8-9H2,1H3,(H3,26,27,28,29).